The molecular formula is C20H22N8O3S. The SMILES string of the molecule is Cc1nn(CC(=O)NN=C2SCC(=O)N2c2ccccc2)c(=O)n1CCCn1ccnc1. The number of hydrogen-bond acceptors (Lipinski definition) is 7. The van der Waals surface area contributed by atoms with E-state index >= 15 is 0 Å². The topological polar surface area (TPSA) is 119 Å². The van der Waals surface area contributed by atoms with Crippen LogP contribution in [-0.4, -0.2) is 46.6 Å². The van der Waals surface area contributed by atoms with Crippen LogP contribution in [0.25, 0.3) is 0 Å². The summed E-state index contributed by atoms with van der Waals surface area (Å²) in [7, 11) is 0. The van der Waals surface area contributed by atoms with E-state index in [4.69, 9.17) is 0 Å². The van der Waals surface area contributed by atoms with Gasteiger partial charge in [0.25, 0.3) is 5.91 Å². The van der Waals surface area contributed by atoms with Gasteiger partial charge in [-0.25, -0.2) is 19.9 Å². The molecule has 1 fully saturated rings. The van der Waals surface area contributed by atoms with Gasteiger partial charge in [0, 0.05) is 25.5 Å². The molecule has 0 aliphatic carbocycles. The maximum absolute atomic E-state index is 12.6. The fraction of sp³-hybridized carbons (Fsp3) is 0.300. The van der Waals surface area contributed by atoms with Crippen molar-refractivity contribution in [2.24, 2.45) is 5.10 Å². The molecule has 1 saturated heterocycles. The second-order valence-electron chi connectivity index (χ2n) is 7.08. The standard InChI is InChI=1S/C20H22N8O3S/c1-15-24-27(20(31)26(15)10-5-9-25-11-8-21-14-25)12-17(29)22-23-19-28(18(30)13-32-19)16-6-3-2-4-7-16/h2-4,6-8,11,14H,5,9-10,12-13H2,1H3,(H,22,29). The molecule has 3 aromatic rings. The normalized spacial score (nSPS) is 15.0. The Kier molecular flexibility index (Phi) is 6.50. The first-order valence-corrected chi connectivity index (χ1v) is 11.0. The highest BCUT2D eigenvalue weighted by Crippen LogP contribution is 2.25. The molecular weight excluding hydrogens is 432 g/mol. The molecule has 0 atom stereocenters. The molecule has 0 saturated carbocycles. The molecule has 2 amide bonds. The number of amidine groups is 1. The Morgan fingerprint density at radius 1 is 1.22 bits per heavy atom. The monoisotopic (exact) mass is 454 g/mol. The van der Waals surface area contributed by atoms with Crippen LogP contribution in [0.1, 0.15) is 12.2 Å². The van der Waals surface area contributed by atoms with Gasteiger partial charge in [0.05, 0.1) is 17.8 Å². The van der Waals surface area contributed by atoms with Gasteiger partial charge in [-0.1, -0.05) is 30.0 Å². The zero-order valence-electron chi connectivity index (χ0n) is 17.4. The summed E-state index contributed by atoms with van der Waals surface area (Å²) >= 11 is 1.24. The molecule has 1 aromatic carbocycles. The van der Waals surface area contributed by atoms with Crippen LogP contribution >= 0.6 is 11.8 Å². The van der Waals surface area contributed by atoms with Crippen molar-refractivity contribution < 1.29 is 9.59 Å². The van der Waals surface area contributed by atoms with Crippen LogP contribution in [0.3, 0.4) is 0 Å². The number of nitrogens with one attached hydrogen (secondary N) is 1. The number of amides is 2. The molecule has 166 valence electrons. The lowest BCUT2D eigenvalue weighted by molar-refractivity contribution is -0.122. The van der Waals surface area contributed by atoms with E-state index in [0.29, 0.717) is 23.2 Å². The van der Waals surface area contributed by atoms with Gasteiger partial charge in [-0.15, -0.1) is 5.10 Å². The first-order chi connectivity index (χ1) is 15.5. The first-order valence-electron chi connectivity index (χ1n) is 10.0. The number of thioether (sulfide) groups is 1. The summed E-state index contributed by atoms with van der Waals surface area (Å²) < 4.78 is 4.59. The molecule has 2 aromatic heterocycles. The molecule has 0 unspecified atom stereocenters. The number of carbonyl (C=O) groups excluding carboxylic acids is 2. The van der Waals surface area contributed by atoms with Crippen molar-refractivity contribution in [1.29, 1.82) is 0 Å². The van der Waals surface area contributed by atoms with Crippen LogP contribution in [0, 0.1) is 6.92 Å². The van der Waals surface area contributed by atoms with Crippen molar-refractivity contribution in [3.05, 3.63) is 65.4 Å². The van der Waals surface area contributed by atoms with Gasteiger partial charge in [-0.3, -0.25) is 19.1 Å². The Morgan fingerprint density at radius 2 is 2.03 bits per heavy atom. The summed E-state index contributed by atoms with van der Waals surface area (Å²) in [5.74, 6) is 0.157. The van der Waals surface area contributed by atoms with Gasteiger partial charge in [-0.05, 0) is 25.5 Å². The molecule has 1 aliphatic rings. The van der Waals surface area contributed by atoms with Crippen LogP contribution in [0.5, 0.6) is 0 Å². The molecule has 0 bridgehead atoms. The van der Waals surface area contributed by atoms with Crippen LogP contribution < -0.4 is 16.0 Å². The maximum Gasteiger partial charge on any atom is 0.346 e. The highest BCUT2D eigenvalue weighted by atomic mass is 32.2. The lowest BCUT2D eigenvalue weighted by Crippen LogP contribution is -2.34. The summed E-state index contributed by atoms with van der Waals surface area (Å²) in [4.78, 5) is 42.7. The number of nitrogens with zero attached hydrogens (tertiary/aromatic N) is 7. The van der Waals surface area contributed by atoms with Gasteiger partial charge in [0.2, 0.25) is 5.91 Å². The van der Waals surface area contributed by atoms with E-state index in [0.717, 1.165) is 17.6 Å². The van der Waals surface area contributed by atoms with Gasteiger partial charge < -0.3 is 4.57 Å². The van der Waals surface area contributed by atoms with Crippen molar-refractivity contribution >= 4 is 34.4 Å². The number of aromatic nitrogens is 5. The second kappa shape index (κ2) is 9.64. The predicted molar refractivity (Wildman–Crippen MR) is 120 cm³/mol. The van der Waals surface area contributed by atoms with Gasteiger partial charge >= 0.3 is 5.69 Å². The summed E-state index contributed by atoms with van der Waals surface area (Å²) in [6.07, 6.45) is 6.01. The van der Waals surface area contributed by atoms with E-state index in [-0.39, 0.29) is 23.9 Å². The molecule has 0 spiro atoms. The lowest BCUT2D eigenvalue weighted by Gasteiger charge is -2.15. The number of imidazole rings is 1. The summed E-state index contributed by atoms with van der Waals surface area (Å²) in [6, 6.07) is 9.09. The minimum absolute atomic E-state index is 0.115. The highest BCUT2D eigenvalue weighted by molar-refractivity contribution is 8.15. The van der Waals surface area contributed by atoms with E-state index in [1.807, 2.05) is 29.0 Å². The van der Waals surface area contributed by atoms with Crippen molar-refractivity contribution in [3.63, 3.8) is 0 Å². The number of hydrogen-bond donors (Lipinski definition) is 1. The Balaban J connectivity index is 1.38. The van der Waals surface area contributed by atoms with Crippen LogP contribution in [0.2, 0.25) is 0 Å². The number of para-hydroxylation sites is 1. The number of aryl methyl sites for hydroxylation is 2. The van der Waals surface area contributed by atoms with Gasteiger partial charge in [0.1, 0.15) is 12.4 Å². The van der Waals surface area contributed by atoms with Gasteiger partial charge in [0.15, 0.2) is 5.17 Å². The zero-order valence-corrected chi connectivity index (χ0v) is 18.2. The molecule has 32 heavy (non-hydrogen) atoms. The van der Waals surface area contributed by atoms with Crippen molar-refractivity contribution in [2.45, 2.75) is 33.0 Å². The second-order valence-corrected chi connectivity index (χ2v) is 8.02. The van der Waals surface area contributed by atoms with E-state index in [9.17, 15) is 14.4 Å². The van der Waals surface area contributed by atoms with E-state index in [1.54, 1.807) is 36.1 Å². The quantitative estimate of drug-likeness (QED) is 0.503. The van der Waals surface area contributed by atoms with Crippen LogP contribution in [0.15, 0.2) is 58.9 Å². The smallest absolute Gasteiger partial charge is 0.337 e. The zero-order chi connectivity index (χ0) is 22.5. The lowest BCUT2D eigenvalue weighted by atomic mass is 10.3. The third-order valence-electron chi connectivity index (χ3n) is 4.81. The van der Waals surface area contributed by atoms with Crippen LogP contribution in [-0.2, 0) is 29.2 Å². The Bertz CT molecular complexity index is 1180. The molecule has 3 heterocycles. The predicted octanol–water partition coefficient (Wildman–Crippen LogP) is 0.807. The van der Waals surface area contributed by atoms with E-state index in [2.05, 4.69) is 20.6 Å². The molecule has 0 radical (unpaired) electrons. The van der Waals surface area contributed by atoms with E-state index in [1.165, 1.54) is 16.7 Å². The van der Waals surface area contributed by atoms with Crippen LogP contribution in [0.4, 0.5) is 5.69 Å². The largest absolute Gasteiger partial charge is 0.346 e. The fourth-order valence-corrected chi connectivity index (χ4v) is 4.13. The van der Waals surface area contributed by atoms with Crippen molar-refractivity contribution in [3.8, 4) is 0 Å². The van der Waals surface area contributed by atoms with Crippen molar-refractivity contribution in [1.82, 2.24) is 29.3 Å². The highest BCUT2D eigenvalue weighted by Gasteiger charge is 2.30. The number of hydrazone groups is 1. The maximum atomic E-state index is 12.6. The summed E-state index contributed by atoms with van der Waals surface area (Å²) in [5, 5.41) is 8.66. The number of rotatable bonds is 8. The number of anilines is 1. The third kappa shape index (κ3) is 4.80. The minimum atomic E-state index is -0.504. The Hall–Kier alpha value is -3.67. The minimum Gasteiger partial charge on any atom is -0.337 e. The molecule has 11 nitrogen and oxygen atoms in total. The Morgan fingerprint density at radius 3 is 2.78 bits per heavy atom. The summed E-state index contributed by atoms with van der Waals surface area (Å²) in [5.41, 5.74) is 2.75. The first kappa shape index (κ1) is 21.6. The molecule has 1 N–H and O–H groups in total. The Labute approximate surface area is 187 Å². The van der Waals surface area contributed by atoms with Crippen molar-refractivity contribution in [2.75, 3.05) is 10.7 Å². The average Bonchev–Trinajstić information content (AvgIpc) is 3.49. The van der Waals surface area contributed by atoms with E-state index < -0.39 is 5.91 Å². The summed E-state index contributed by atoms with van der Waals surface area (Å²) in [6.45, 7) is 2.67. The van der Waals surface area contributed by atoms with Gasteiger partial charge in [-0.2, -0.15) is 5.10 Å². The average molecular weight is 455 g/mol. The number of carbonyl (C=O) groups is 2. The fourth-order valence-electron chi connectivity index (χ4n) is 3.30. The third-order valence-corrected chi connectivity index (χ3v) is 5.74. The molecule has 12 heteroatoms. The number of benzene rings is 1. The molecule has 1 aliphatic heterocycles. The molecule has 4 rings (SSSR count).